The number of rotatable bonds is 4. The molecule has 6 nitrogen and oxygen atoms in total. The van der Waals surface area contributed by atoms with E-state index in [2.05, 4.69) is 41.9 Å². The van der Waals surface area contributed by atoms with Gasteiger partial charge in [0.1, 0.15) is 5.82 Å². The van der Waals surface area contributed by atoms with Crippen LogP contribution in [0.25, 0.3) is 6.08 Å². The summed E-state index contributed by atoms with van der Waals surface area (Å²) in [5.74, 6) is -0.398. The molecular weight excluding hydrogens is 317 g/mol. The van der Waals surface area contributed by atoms with Crippen molar-refractivity contribution in [2.24, 2.45) is 0 Å². The number of nitrogens with zero attached hydrogens (tertiary/aromatic N) is 3. The molecule has 98 valence electrons. The summed E-state index contributed by atoms with van der Waals surface area (Å²) < 4.78 is 14.1. The lowest BCUT2D eigenvalue weighted by atomic mass is 10.2. The highest BCUT2D eigenvalue weighted by Crippen LogP contribution is 2.16. The molecule has 2 aromatic rings. The second kappa shape index (κ2) is 6.19. The van der Waals surface area contributed by atoms with E-state index in [4.69, 9.17) is 0 Å². The molecule has 2 N–H and O–H groups in total. The van der Waals surface area contributed by atoms with E-state index in [9.17, 15) is 9.18 Å². The molecule has 0 atom stereocenters. The highest BCUT2D eigenvalue weighted by molar-refractivity contribution is 9.10. The van der Waals surface area contributed by atoms with Crippen LogP contribution in [0.1, 0.15) is 11.4 Å². The number of halogens is 2. The molecule has 0 aliphatic rings. The zero-order valence-electron chi connectivity index (χ0n) is 9.60. The first-order valence-corrected chi connectivity index (χ1v) is 6.08. The number of nitrogens with one attached hydrogen (secondary N) is 2. The Balaban J connectivity index is 1.94. The maximum absolute atomic E-state index is 13.4. The molecule has 1 aromatic carbocycles. The van der Waals surface area contributed by atoms with Crippen LogP contribution < -0.4 is 5.32 Å². The Bertz CT molecular complexity index is 599. The molecule has 1 heterocycles. The Labute approximate surface area is 116 Å². The Morgan fingerprint density at radius 3 is 3.11 bits per heavy atom. The van der Waals surface area contributed by atoms with Crippen LogP contribution >= 0.6 is 15.9 Å². The summed E-state index contributed by atoms with van der Waals surface area (Å²) in [5.41, 5.74) is 0.323. The first kappa shape index (κ1) is 13.3. The van der Waals surface area contributed by atoms with E-state index in [-0.39, 0.29) is 12.5 Å². The summed E-state index contributed by atoms with van der Waals surface area (Å²) >= 11 is 3.23. The number of aromatic nitrogens is 4. The number of hydrogen-bond donors (Lipinski definition) is 2. The minimum Gasteiger partial charge on any atom is -0.345 e. The van der Waals surface area contributed by atoms with Crippen molar-refractivity contribution in [1.29, 1.82) is 0 Å². The van der Waals surface area contributed by atoms with Gasteiger partial charge >= 0.3 is 0 Å². The normalized spacial score (nSPS) is 10.8. The predicted molar refractivity (Wildman–Crippen MR) is 69.2 cm³/mol. The number of amides is 1. The molecule has 8 heteroatoms. The van der Waals surface area contributed by atoms with Crippen molar-refractivity contribution < 1.29 is 9.18 Å². The summed E-state index contributed by atoms with van der Waals surface area (Å²) in [6.45, 7) is 0.153. The molecule has 0 aliphatic heterocycles. The van der Waals surface area contributed by atoms with Gasteiger partial charge in [0.2, 0.25) is 5.91 Å². The summed E-state index contributed by atoms with van der Waals surface area (Å²) in [6.07, 6.45) is 2.64. The smallest absolute Gasteiger partial charge is 0.244 e. The first-order valence-electron chi connectivity index (χ1n) is 5.28. The monoisotopic (exact) mass is 325 g/mol. The van der Waals surface area contributed by atoms with Crippen LogP contribution in [0, 0.1) is 5.82 Å². The minimum atomic E-state index is -0.398. The highest BCUT2D eigenvalue weighted by Gasteiger charge is 2.02. The lowest BCUT2D eigenvalue weighted by molar-refractivity contribution is -0.116. The molecule has 0 radical (unpaired) electrons. The van der Waals surface area contributed by atoms with Crippen molar-refractivity contribution in [2.45, 2.75) is 6.54 Å². The average molecular weight is 326 g/mol. The van der Waals surface area contributed by atoms with Crippen molar-refractivity contribution in [3.8, 4) is 0 Å². The molecule has 0 saturated heterocycles. The van der Waals surface area contributed by atoms with Gasteiger partial charge in [-0.3, -0.25) is 4.79 Å². The molecule has 0 aliphatic carbocycles. The minimum absolute atomic E-state index is 0.153. The third-order valence-corrected chi connectivity index (χ3v) is 2.68. The van der Waals surface area contributed by atoms with Crippen LogP contribution in [0.4, 0.5) is 4.39 Å². The molecular formula is C11H9BrFN5O. The molecule has 19 heavy (non-hydrogen) atoms. The maximum Gasteiger partial charge on any atom is 0.244 e. The van der Waals surface area contributed by atoms with E-state index in [0.29, 0.717) is 11.4 Å². The number of aromatic amines is 1. The molecule has 0 unspecified atom stereocenters. The lowest BCUT2D eigenvalue weighted by Gasteiger charge is -1.99. The number of hydrogen-bond acceptors (Lipinski definition) is 4. The summed E-state index contributed by atoms with van der Waals surface area (Å²) in [5, 5.41) is 15.5. The average Bonchev–Trinajstić information content (AvgIpc) is 2.90. The van der Waals surface area contributed by atoms with E-state index in [1.54, 1.807) is 12.1 Å². The molecule has 0 fully saturated rings. The Morgan fingerprint density at radius 2 is 2.37 bits per heavy atom. The van der Waals surface area contributed by atoms with Crippen molar-refractivity contribution in [1.82, 2.24) is 25.9 Å². The van der Waals surface area contributed by atoms with Crippen LogP contribution in [0.5, 0.6) is 0 Å². The van der Waals surface area contributed by atoms with Crippen LogP contribution in [-0.2, 0) is 11.3 Å². The van der Waals surface area contributed by atoms with Gasteiger partial charge in [0.15, 0.2) is 5.82 Å². The summed E-state index contributed by atoms with van der Waals surface area (Å²) in [6, 6.07) is 4.49. The fraction of sp³-hybridized carbons (Fsp3) is 0.0909. The molecule has 1 amide bonds. The zero-order valence-corrected chi connectivity index (χ0v) is 11.2. The topological polar surface area (TPSA) is 83.6 Å². The van der Waals surface area contributed by atoms with Gasteiger partial charge < -0.3 is 5.32 Å². The van der Waals surface area contributed by atoms with E-state index >= 15 is 0 Å². The van der Waals surface area contributed by atoms with Gasteiger partial charge in [-0.05, 0) is 24.3 Å². The van der Waals surface area contributed by atoms with E-state index < -0.39 is 5.82 Å². The first-order chi connectivity index (χ1) is 9.15. The van der Waals surface area contributed by atoms with Gasteiger partial charge in [-0.1, -0.05) is 21.1 Å². The number of carbonyl (C=O) groups is 1. The number of H-pyrrole nitrogens is 1. The van der Waals surface area contributed by atoms with Crippen molar-refractivity contribution in [3.63, 3.8) is 0 Å². The van der Waals surface area contributed by atoms with Crippen molar-refractivity contribution in [3.05, 3.63) is 46.0 Å². The van der Waals surface area contributed by atoms with Gasteiger partial charge in [0.25, 0.3) is 0 Å². The van der Waals surface area contributed by atoms with E-state index in [1.807, 2.05) is 0 Å². The Kier molecular flexibility index (Phi) is 4.35. The standard InChI is InChI=1S/C11H9BrFN5O/c12-8-2-3-9(13)7(5-8)1-4-11(19)14-6-10-15-17-18-16-10/h1-5H,6H2,(H,14,19)(H,15,16,17,18). The second-order valence-corrected chi connectivity index (χ2v) is 4.46. The van der Waals surface area contributed by atoms with E-state index in [1.165, 1.54) is 18.2 Å². The van der Waals surface area contributed by atoms with Gasteiger partial charge in [-0.15, -0.1) is 10.2 Å². The fourth-order valence-corrected chi connectivity index (χ4v) is 1.67. The molecule has 1 aromatic heterocycles. The summed E-state index contributed by atoms with van der Waals surface area (Å²) in [7, 11) is 0. The SMILES string of the molecule is O=C(C=Cc1cc(Br)ccc1F)NCc1nn[nH]n1. The largest absolute Gasteiger partial charge is 0.345 e. The van der Waals surface area contributed by atoms with Crippen LogP contribution in [0.2, 0.25) is 0 Å². The second-order valence-electron chi connectivity index (χ2n) is 3.55. The van der Waals surface area contributed by atoms with Gasteiger partial charge in [0, 0.05) is 16.1 Å². The van der Waals surface area contributed by atoms with E-state index in [0.717, 1.165) is 4.47 Å². The van der Waals surface area contributed by atoms with Crippen molar-refractivity contribution in [2.75, 3.05) is 0 Å². The third kappa shape index (κ3) is 3.95. The van der Waals surface area contributed by atoms with Gasteiger partial charge in [0.05, 0.1) is 6.54 Å². The quantitative estimate of drug-likeness (QED) is 0.833. The molecule has 0 bridgehead atoms. The number of tetrazole rings is 1. The number of benzene rings is 1. The molecule has 0 spiro atoms. The van der Waals surface area contributed by atoms with Crippen LogP contribution in [0.15, 0.2) is 28.7 Å². The maximum atomic E-state index is 13.4. The molecule has 2 rings (SSSR count). The number of carbonyl (C=O) groups excluding carboxylic acids is 1. The van der Waals surface area contributed by atoms with Gasteiger partial charge in [-0.2, -0.15) is 5.21 Å². The van der Waals surface area contributed by atoms with Gasteiger partial charge in [-0.25, -0.2) is 4.39 Å². The van der Waals surface area contributed by atoms with Crippen LogP contribution in [0.3, 0.4) is 0 Å². The van der Waals surface area contributed by atoms with Crippen molar-refractivity contribution >= 4 is 27.9 Å². The zero-order chi connectivity index (χ0) is 13.7. The Morgan fingerprint density at radius 1 is 1.53 bits per heavy atom. The predicted octanol–water partition coefficient (Wildman–Crippen LogP) is 1.43. The fourth-order valence-electron chi connectivity index (χ4n) is 1.29. The molecule has 0 saturated carbocycles. The summed E-state index contributed by atoms with van der Waals surface area (Å²) in [4.78, 5) is 11.5. The van der Waals surface area contributed by atoms with Crippen LogP contribution in [-0.4, -0.2) is 26.5 Å². The Hall–Kier alpha value is -2.09. The third-order valence-electron chi connectivity index (χ3n) is 2.18. The lowest BCUT2D eigenvalue weighted by Crippen LogP contribution is -2.21. The highest BCUT2D eigenvalue weighted by atomic mass is 79.9.